The van der Waals surface area contributed by atoms with Crippen LogP contribution in [0.1, 0.15) is 16.7 Å². The molecule has 3 aromatic carbocycles. The third-order valence-corrected chi connectivity index (χ3v) is 6.64. The van der Waals surface area contributed by atoms with Crippen molar-refractivity contribution in [1.29, 1.82) is 0 Å². The SMILES string of the molecule is O=C1OC(O)(c2ccc(OC(F)F)cc2)C(Cc2ccc3nccnc3c2)=C1c1ccc2nsnc2c1. The van der Waals surface area contributed by atoms with Crippen LogP contribution < -0.4 is 4.74 Å². The largest absolute Gasteiger partial charge is 0.435 e. The second-order valence-electron chi connectivity index (χ2n) is 8.31. The highest BCUT2D eigenvalue weighted by Gasteiger charge is 2.48. The van der Waals surface area contributed by atoms with Crippen LogP contribution in [0.5, 0.6) is 5.75 Å². The van der Waals surface area contributed by atoms with Crippen LogP contribution in [0.25, 0.3) is 27.6 Å². The van der Waals surface area contributed by atoms with E-state index in [2.05, 4.69) is 23.5 Å². The Balaban J connectivity index is 1.49. The fourth-order valence-electron chi connectivity index (χ4n) is 4.40. The number of rotatable bonds is 6. The normalized spacial score (nSPS) is 17.7. The zero-order chi connectivity index (χ0) is 25.6. The van der Waals surface area contributed by atoms with Crippen molar-refractivity contribution >= 4 is 45.3 Å². The van der Waals surface area contributed by atoms with Gasteiger partial charge in [0.2, 0.25) is 0 Å². The minimum Gasteiger partial charge on any atom is -0.435 e. The van der Waals surface area contributed by atoms with Crippen LogP contribution in [0.15, 0.2) is 78.6 Å². The van der Waals surface area contributed by atoms with Crippen molar-refractivity contribution in [3.63, 3.8) is 0 Å². The maximum Gasteiger partial charge on any atom is 0.387 e. The number of cyclic esters (lactones) is 1. The summed E-state index contributed by atoms with van der Waals surface area (Å²) in [4.78, 5) is 21.9. The van der Waals surface area contributed by atoms with Gasteiger partial charge in [0, 0.05) is 30.0 Å². The predicted octanol–water partition coefficient (Wildman–Crippen LogP) is 4.63. The number of ether oxygens (including phenoxy) is 2. The Kier molecular flexibility index (Phi) is 5.58. The Morgan fingerprint density at radius 2 is 1.65 bits per heavy atom. The molecule has 0 bridgehead atoms. The van der Waals surface area contributed by atoms with E-state index in [0.717, 1.165) is 17.3 Å². The lowest BCUT2D eigenvalue weighted by atomic mass is 9.88. The quantitative estimate of drug-likeness (QED) is 0.324. The van der Waals surface area contributed by atoms with Gasteiger partial charge in [-0.25, -0.2) is 4.79 Å². The van der Waals surface area contributed by atoms with Gasteiger partial charge in [0.25, 0.3) is 5.79 Å². The molecule has 37 heavy (non-hydrogen) atoms. The fourth-order valence-corrected chi connectivity index (χ4v) is 4.91. The topological polar surface area (TPSA) is 107 Å². The molecule has 1 aliphatic heterocycles. The van der Waals surface area contributed by atoms with Crippen LogP contribution in [-0.4, -0.2) is 36.4 Å². The standard InChI is InChI=1S/C26H16F2N4O4S/c27-25(28)35-17-5-3-16(4-6-17)26(34)18(11-14-1-7-19-21(12-14)30-10-9-29-19)23(24(33)36-26)15-2-8-20-22(13-15)32-37-31-20/h1-10,12-13,25,34H,11H2. The van der Waals surface area contributed by atoms with E-state index in [1.54, 1.807) is 36.7 Å². The molecule has 6 rings (SSSR count). The van der Waals surface area contributed by atoms with Crippen LogP contribution in [0.3, 0.4) is 0 Å². The predicted molar refractivity (Wildman–Crippen MR) is 131 cm³/mol. The fraction of sp³-hybridized carbons (Fsp3) is 0.115. The first-order valence-electron chi connectivity index (χ1n) is 11.1. The van der Waals surface area contributed by atoms with E-state index in [9.17, 15) is 18.7 Å². The molecular weight excluding hydrogens is 502 g/mol. The molecule has 0 fully saturated rings. The van der Waals surface area contributed by atoms with E-state index in [1.165, 1.54) is 24.3 Å². The van der Waals surface area contributed by atoms with Gasteiger partial charge in [-0.2, -0.15) is 17.5 Å². The van der Waals surface area contributed by atoms with Gasteiger partial charge >= 0.3 is 12.6 Å². The first-order chi connectivity index (χ1) is 17.9. The van der Waals surface area contributed by atoms with E-state index < -0.39 is 18.4 Å². The summed E-state index contributed by atoms with van der Waals surface area (Å²) >= 11 is 1.05. The number of nitrogens with zero attached hydrogens (tertiary/aromatic N) is 4. The van der Waals surface area contributed by atoms with Crippen molar-refractivity contribution in [3.05, 3.63) is 95.3 Å². The third-order valence-electron chi connectivity index (χ3n) is 6.08. The second-order valence-corrected chi connectivity index (χ2v) is 8.84. The van der Waals surface area contributed by atoms with Crippen LogP contribution in [0.4, 0.5) is 8.78 Å². The minimum atomic E-state index is -2.99. The summed E-state index contributed by atoms with van der Waals surface area (Å²) in [5.41, 5.74) is 4.55. The van der Waals surface area contributed by atoms with Crippen molar-refractivity contribution in [2.24, 2.45) is 0 Å². The van der Waals surface area contributed by atoms with E-state index in [0.29, 0.717) is 27.6 Å². The number of hydrogen-bond donors (Lipinski definition) is 1. The van der Waals surface area contributed by atoms with Crippen LogP contribution in [-0.2, 0) is 21.7 Å². The summed E-state index contributed by atoms with van der Waals surface area (Å²) in [6.45, 7) is -2.99. The molecule has 5 aromatic rings. The molecule has 0 saturated carbocycles. The third kappa shape index (κ3) is 4.17. The molecule has 0 spiro atoms. The van der Waals surface area contributed by atoms with Crippen molar-refractivity contribution in [1.82, 2.24) is 18.7 Å². The van der Waals surface area contributed by atoms with Gasteiger partial charge in [0.15, 0.2) is 0 Å². The number of esters is 1. The molecule has 1 aliphatic rings. The van der Waals surface area contributed by atoms with E-state index in [4.69, 9.17) is 4.74 Å². The summed E-state index contributed by atoms with van der Waals surface area (Å²) < 4.78 is 43.7. The number of aliphatic hydroxyl groups is 1. The summed E-state index contributed by atoms with van der Waals surface area (Å²) in [5, 5.41) is 11.8. The number of carbonyl (C=O) groups is 1. The van der Waals surface area contributed by atoms with Crippen LogP contribution in [0, 0.1) is 0 Å². The molecule has 0 radical (unpaired) electrons. The molecule has 184 valence electrons. The Bertz CT molecular complexity index is 1690. The van der Waals surface area contributed by atoms with E-state index in [-0.39, 0.29) is 28.9 Å². The molecular formula is C26H16F2N4O4S. The van der Waals surface area contributed by atoms with Gasteiger partial charge < -0.3 is 14.6 Å². The molecule has 0 aliphatic carbocycles. The molecule has 0 saturated heterocycles. The lowest BCUT2D eigenvalue weighted by molar-refractivity contribution is -0.185. The van der Waals surface area contributed by atoms with E-state index in [1.807, 2.05) is 12.1 Å². The smallest absolute Gasteiger partial charge is 0.387 e. The molecule has 1 N–H and O–H groups in total. The number of hydrogen-bond acceptors (Lipinski definition) is 9. The highest BCUT2D eigenvalue weighted by Crippen LogP contribution is 2.45. The number of halogens is 2. The lowest BCUT2D eigenvalue weighted by Crippen LogP contribution is -2.29. The maximum atomic E-state index is 13.2. The van der Waals surface area contributed by atoms with Gasteiger partial charge in [-0.15, -0.1) is 0 Å². The number of aromatic nitrogens is 4. The monoisotopic (exact) mass is 518 g/mol. The summed E-state index contributed by atoms with van der Waals surface area (Å²) in [5.74, 6) is -2.97. The lowest BCUT2D eigenvalue weighted by Gasteiger charge is -2.26. The Morgan fingerprint density at radius 1 is 0.919 bits per heavy atom. The van der Waals surface area contributed by atoms with Gasteiger partial charge in [-0.1, -0.05) is 12.1 Å². The molecule has 11 heteroatoms. The number of fused-ring (bicyclic) bond motifs is 2. The maximum absolute atomic E-state index is 13.2. The Hall–Kier alpha value is -4.35. The molecule has 0 amide bonds. The highest BCUT2D eigenvalue weighted by molar-refractivity contribution is 7.00. The van der Waals surface area contributed by atoms with Crippen LogP contribution in [0.2, 0.25) is 0 Å². The van der Waals surface area contributed by atoms with Crippen molar-refractivity contribution in [2.75, 3.05) is 0 Å². The molecule has 3 heterocycles. The zero-order valence-corrected chi connectivity index (χ0v) is 19.7. The average Bonchev–Trinajstić information content (AvgIpc) is 3.45. The zero-order valence-electron chi connectivity index (χ0n) is 18.8. The number of benzene rings is 3. The Morgan fingerprint density at radius 3 is 2.43 bits per heavy atom. The van der Waals surface area contributed by atoms with E-state index >= 15 is 0 Å². The number of carbonyl (C=O) groups excluding carboxylic acids is 1. The molecule has 1 atom stereocenters. The summed E-state index contributed by atoms with van der Waals surface area (Å²) in [6, 6.07) is 16.0. The second kappa shape index (κ2) is 8.95. The highest BCUT2D eigenvalue weighted by atomic mass is 32.1. The summed E-state index contributed by atoms with van der Waals surface area (Å²) in [6.07, 6.45) is 3.30. The van der Waals surface area contributed by atoms with Crippen molar-refractivity contribution < 1.29 is 28.2 Å². The van der Waals surface area contributed by atoms with Gasteiger partial charge in [0.05, 0.1) is 28.3 Å². The van der Waals surface area contributed by atoms with Crippen molar-refractivity contribution in [2.45, 2.75) is 18.8 Å². The number of alkyl halides is 2. The first-order valence-corrected chi connectivity index (χ1v) is 11.8. The average molecular weight is 519 g/mol. The van der Waals surface area contributed by atoms with Crippen LogP contribution >= 0.6 is 11.7 Å². The van der Waals surface area contributed by atoms with Gasteiger partial charge in [-0.3, -0.25) is 9.97 Å². The van der Waals surface area contributed by atoms with Gasteiger partial charge in [-0.05, 0) is 59.7 Å². The summed E-state index contributed by atoms with van der Waals surface area (Å²) in [7, 11) is 0. The molecule has 1 unspecified atom stereocenters. The molecule has 8 nitrogen and oxygen atoms in total. The minimum absolute atomic E-state index is 0.0907. The first kappa shape index (κ1) is 23.1. The molecule has 2 aromatic heterocycles. The van der Waals surface area contributed by atoms with Crippen molar-refractivity contribution in [3.8, 4) is 5.75 Å². The Labute approximate surface area is 212 Å². The van der Waals surface area contributed by atoms with Gasteiger partial charge in [0.1, 0.15) is 16.8 Å².